The van der Waals surface area contributed by atoms with Crippen LogP contribution in [-0.4, -0.2) is 35.0 Å². The highest BCUT2D eigenvalue weighted by Crippen LogP contribution is 2.37. The van der Waals surface area contributed by atoms with E-state index < -0.39 is 0 Å². The summed E-state index contributed by atoms with van der Waals surface area (Å²) in [5, 5.41) is 12.7. The van der Waals surface area contributed by atoms with Crippen LogP contribution in [-0.2, 0) is 4.74 Å². The number of ether oxygens (including phenoxy) is 1. The first-order valence-electron chi connectivity index (χ1n) is 5.84. The van der Waals surface area contributed by atoms with Crippen LogP contribution in [0.2, 0.25) is 0 Å². The molecule has 0 radical (unpaired) electrons. The van der Waals surface area contributed by atoms with Gasteiger partial charge in [-0.25, -0.2) is 0 Å². The van der Waals surface area contributed by atoms with E-state index in [4.69, 9.17) is 4.74 Å². The summed E-state index contributed by atoms with van der Waals surface area (Å²) in [4.78, 5) is 0. The Balaban J connectivity index is 2.41. The summed E-state index contributed by atoms with van der Waals surface area (Å²) in [5.74, 6) is 0. The number of hydrogen-bond donors (Lipinski definition) is 2. The lowest BCUT2D eigenvalue weighted by atomic mass is 9.94. The van der Waals surface area contributed by atoms with Crippen molar-refractivity contribution in [1.82, 2.24) is 5.32 Å². The summed E-state index contributed by atoms with van der Waals surface area (Å²) in [6.45, 7) is 11.2. The zero-order valence-corrected chi connectivity index (χ0v) is 10.6. The van der Waals surface area contributed by atoms with E-state index in [-0.39, 0.29) is 17.3 Å². The third-order valence-corrected chi connectivity index (χ3v) is 3.03. The van der Waals surface area contributed by atoms with E-state index in [0.717, 1.165) is 19.4 Å². The van der Waals surface area contributed by atoms with Gasteiger partial charge in [0.25, 0.3) is 0 Å². The maximum absolute atomic E-state index is 9.19. The van der Waals surface area contributed by atoms with E-state index in [9.17, 15) is 5.11 Å². The van der Waals surface area contributed by atoms with Crippen molar-refractivity contribution in [3.8, 4) is 0 Å². The molecule has 1 aliphatic rings. The molecule has 90 valence electrons. The van der Waals surface area contributed by atoms with E-state index in [1.54, 1.807) is 0 Å². The molecule has 3 nitrogen and oxygen atoms in total. The minimum Gasteiger partial charge on any atom is -0.393 e. The van der Waals surface area contributed by atoms with Gasteiger partial charge >= 0.3 is 0 Å². The van der Waals surface area contributed by atoms with Crippen molar-refractivity contribution in [2.24, 2.45) is 0 Å². The van der Waals surface area contributed by atoms with Gasteiger partial charge in [0.05, 0.1) is 17.3 Å². The molecule has 1 aliphatic heterocycles. The summed E-state index contributed by atoms with van der Waals surface area (Å²) in [6, 6.07) is 0.381. The summed E-state index contributed by atoms with van der Waals surface area (Å²) in [5.41, 5.74) is -0.145. The third-order valence-electron chi connectivity index (χ3n) is 3.03. The van der Waals surface area contributed by atoms with Gasteiger partial charge in [0.15, 0.2) is 0 Å². The molecule has 1 saturated heterocycles. The molecule has 3 heteroatoms. The van der Waals surface area contributed by atoms with E-state index in [1.807, 2.05) is 6.92 Å². The molecule has 0 aromatic carbocycles. The molecular formula is C12H25NO2. The van der Waals surface area contributed by atoms with Crippen molar-refractivity contribution >= 4 is 0 Å². The van der Waals surface area contributed by atoms with Gasteiger partial charge in [-0.1, -0.05) is 0 Å². The van der Waals surface area contributed by atoms with Gasteiger partial charge < -0.3 is 15.2 Å². The number of rotatable bonds is 4. The zero-order valence-electron chi connectivity index (χ0n) is 10.6. The summed E-state index contributed by atoms with van der Waals surface area (Å²) >= 11 is 0. The molecule has 0 unspecified atom stereocenters. The van der Waals surface area contributed by atoms with Gasteiger partial charge in [0.1, 0.15) is 0 Å². The predicted molar refractivity (Wildman–Crippen MR) is 61.9 cm³/mol. The summed E-state index contributed by atoms with van der Waals surface area (Å²) in [6.07, 6.45) is 1.60. The van der Waals surface area contributed by atoms with E-state index in [0.29, 0.717) is 6.04 Å². The van der Waals surface area contributed by atoms with Crippen LogP contribution in [0.5, 0.6) is 0 Å². The Labute approximate surface area is 93.2 Å². The summed E-state index contributed by atoms with van der Waals surface area (Å²) < 4.78 is 5.98. The second-order valence-corrected chi connectivity index (χ2v) is 5.81. The molecule has 2 atom stereocenters. The number of aliphatic hydroxyl groups is 1. The second-order valence-electron chi connectivity index (χ2n) is 5.81. The first-order chi connectivity index (χ1) is 6.73. The fourth-order valence-corrected chi connectivity index (χ4v) is 2.35. The van der Waals surface area contributed by atoms with Crippen molar-refractivity contribution in [2.75, 3.05) is 6.54 Å². The van der Waals surface area contributed by atoms with Gasteiger partial charge in [0, 0.05) is 6.04 Å². The quantitative estimate of drug-likeness (QED) is 0.750. The molecule has 0 aromatic rings. The Morgan fingerprint density at radius 2 is 2.00 bits per heavy atom. The first kappa shape index (κ1) is 12.9. The van der Waals surface area contributed by atoms with Crippen molar-refractivity contribution in [3.05, 3.63) is 0 Å². The fourth-order valence-electron chi connectivity index (χ4n) is 2.35. The molecule has 0 amide bonds. The van der Waals surface area contributed by atoms with Crippen LogP contribution >= 0.6 is 0 Å². The lowest BCUT2D eigenvalue weighted by Crippen LogP contribution is -2.44. The lowest BCUT2D eigenvalue weighted by Gasteiger charge is -2.28. The molecule has 0 bridgehead atoms. The third kappa shape index (κ3) is 3.74. The maximum Gasteiger partial charge on any atom is 0.0787 e. The number of hydrogen-bond acceptors (Lipinski definition) is 3. The van der Waals surface area contributed by atoms with Crippen LogP contribution in [0.15, 0.2) is 0 Å². The number of nitrogens with one attached hydrogen (secondary N) is 1. The standard InChI is InChI=1S/C12H25NO2/c1-9(14)6-7-13-10-8-11(2,3)15-12(10,4)5/h9-10,13-14H,6-8H2,1-5H3/t9-,10+/m1/s1. The monoisotopic (exact) mass is 215 g/mol. The Morgan fingerprint density at radius 1 is 1.40 bits per heavy atom. The molecule has 0 aromatic heterocycles. The molecular weight excluding hydrogens is 190 g/mol. The average molecular weight is 215 g/mol. The SMILES string of the molecule is C[C@@H](O)CCN[C@H]1CC(C)(C)OC1(C)C. The maximum atomic E-state index is 9.19. The highest BCUT2D eigenvalue weighted by molar-refractivity contribution is 4.98. The van der Waals surface area contributed by atoms with Crippen LogP contribution in [0.25, 0.3) is 0 Å². The Hall–Kier alpha value is -0.120. The van der Waals surface area contributed by atoms with Crippen LogP contribution in [0.3, 0.4) is 0 Å². The van der Waals surface area contributed by atoms with Crippen molar-refractivity contribution in [1.29, 1.82) is 0 Å². The van der Waals surface area contributed by atoms with Crippen molar-refractivity contribution < 1.29 is 9.84 Å². The molecule has 1 rings (SSSR count). The molecule has 15 heavy (non-hydrogen) atoms. The molecule has 2 N–H and O–H groups in total. The Bertz CT molecular complexity index is 212. The Kier molecular flexibility index (Phi) is 3.80. The van der Waals surface area contributed by atoms with Crippen LogP contribution in [0, 0.1) is 0 Å². The van der Waals surface area contributed by atoms with Crippen molar-refractivity contribution in [3.63, 3.8) is 0 Å². The lowest BCUT2D eigenvalue weighted by molar-refractivity contribution is -0.0699. The van der Waals surface area contributed by atoms with Crippen LogP contribution in [0.4, 0.5) is 0 Å². The Morgan fingerprint density at radius 3 is 2.40 bits per heavy atom. The topological polar surface area (TPSA) is 41.5 Å². The smallest absolute Gasteiger partial charge is 0.0787 e. The predicted octanol–water partition coefficient (Wildman–Crippen LogP) is 1.69. The van der Waals surface area contributed by atoms with Crippen LogP contribution < -0.4 is 5.32 Å². The van der Waals surface area contributed by atoms with Gasteiger partial charge in [-0.05, 0) is 54.0 Å². The van der Waals surface area contributed by atoms with E-state index in [1.165, 1.54) is 0 Å². The second kappa shape index (κ2) is 4.40. The highest BCUT2D eigenvalue weighted by atomic mass is 16.5. The largest absolute Gasteiger partial charge is 0.393 e. The highest BCUT2D eigenvalue weighted by Gasteiger charge is 2.45. The molecule has 0 saturated carbocycles. The zero-order chi connectivity index (χ0) is 11.7. The molecule has 1 fully saturated rings. The van der Waals surface area contributed by atoms with E-state index in [2.05, 4.69) is 33.0 Å². The first-order valence-corrected chi connectivity index (χ1v) is 5.84. The fraction of sp³-hybridized carbons (Fsp3) is 1.00. The minimum atomic E-state index is -0.226. The minimum absolute atomic E-state index is 0.0357. The normalized spacial score (nSPS) is 30.4. The number of aliphatic hydroxyl groups excluding tert-OH is 1. The van der Waals surface area contributed by atoms with Gasteiger partial charge in [-0.3, -0.25) is 0 Å². The van der Waals surface area contributed by atoms with Gasteiger partial charge in [-0.15, -0.1) is 0 Å². The van der Waals surface area contributed by atoms with E-state index >= 15 is 0 Å². The van der Waals surface area contributed by atoms with Crippen LogP contribution in [0.1, 0.15) is 47.5 Å². The molecule has 1 heterocycles. The van der Waals surface area contributed by atoms with Gasteiger partial charge in [-0.2, -0.15) is 0 Å². The molecule has 0 spiro atoms. The van der Waals surface area contributed by atoms with Crippen molar-refractivity contribution in [2.45, 2.75) is 70.8 Å². The summed E-state index contributed by atoms with van der Waals surface area (Å²) in [7, 11) is 0. The average Bonchev–Trinajstić information content (AvgIpc) is 2.18. The van der Waals surface area contributed by atoms with Gasteiger partial charge in [0.2, 0.25) is 0 Å². The molecule has 0 aliphatic carbocycles.